The van der Waals surface area contributed by atoms with E-state index in [4.69, 9.17) is 0 Å². The molecule has 70 valence electrons. The van der Waals surface area contributed by atoms with Crippen LogP contribution in [0.25, 0.3) is 0 Å². The van der Waals surface area contributed by atoms with Crippen LogP contribution in [0.15, 0.2) is 0 Å². The zero-order valence-corrected chi connectivity index (χ0v) is 7.93. The van der Waals surface area contributed by atoms with Crippen molar-refractivity contribution >= 4 is 15.9 Å². The molecule has 0 radical (unpaired) electrons. The summed E-state index contributed by atoms with van der Waals surface area (Å²) in [6.07, 6.45) is 1.85. The lowest BCUT2D eigenvalue weighted by atomic mass is 10.3. The third-order valence-electron chi connectivity index (χ3n) is 1.90. The smallest absolute Gasteiger partial charge is 0.237 e. The number of nitrogens with zero attached hydrogens (tertiary/aromatic N) is 1. The van der Waals surface area contributed by atoms with Crippen LogP contribution in [-0.4, -0.2) is 30.9 Å². The normalized spacial score (nSPS) is 17.8. The quantitative estimate of drug-likeness (QED) is 0.602. The van der Waals surface area contributed by atoms with Crippen LogP contribution in [0.2, 0.25) is 0 Å². The first-order valence-electron chi connectivity index (χ1n) is 4.11. The van der Waals surface area contributed by atoms with Crippen molar-refractivity contribution in [3.05, 3.63) is 0 Å². The Kier molecular flexibility index (Phi) is 2.72. The van der Waals surface area contributed by atoms with E-state index in [-0.39, 0.29) is 11.7 Å². The van der Waals surface area contributed by atoms with Crippen LogP contribution in [0.4, 0.5) is 0 Å². The van der Waals surface area contributed by atoms with Crippen molar-refractivity contribution in [3.63, 3.8) is 0 Å². The molecule has 0 N–H and O–H groups in total. The van der Waals surface area contributed by atoms with Crippen molar-refractivity contribution < 1.29 is 13.2 Å². The van der Waals surface area contributed by atoms with Gasteiger partial charge in [0.15, 0.2) is 0 Å². The van der Waals surface area contributed by atoms with E-state index in [0.717, 1.165) is 10.7 Å². The number of hydrogen-bond acceptors (Lipinski definition) is 3. The number of β-lactam (4-membered cyclic amide) rings is 1. The molecule has 1 amide bonds. The van der Waals surface area contributed by atoms with Crippen molar-refractivity contribution in [3.8, 4) is 0 Å². The van der Waals surface area contributed by atoms with Crippen LogP contribution in [0.1, 0.15) is 26.2 Å². The van der Waals surface area contributed by atoms with Gasteiger partial charge >= 0.3 is 0 Å². The molecule has 1 rings (SSSR count). The van der Waals surface area contributed by atoms with Crippen molar-refractivity contribution in [1.82, 2.24) is 4.31 Å². The lowest BCUT2D eigenvalue weighted by Crippen LogP contribution is -2.48. The van der Waals surface area contributed by atoms with Gasteiger partial charge in [-0.05, 0) is 6.42 Å². The van der Waals surface area contributed by atoms with E-state index >= 15 is 0 Å². The minimum Gasteiger partial charge on any atom is -0.274 e. The van der Waals surface area contributed by atoms with E-state index in [9.17, 15) is 13.2 Å². The molecule has 0 bridgehead atoms. The molecule has 0 unspecified atom stereocenters. The second kappa shape index (κ2) is 3.43. The summed E-state index contributed by atoms with van der Waals surface area (Å²) >= 11 is 0. The van der Waals surface area contributed by atoms with Gasteiger partial charge in [-0.2, -0.15) is 0 Å². The molecule has 1 heterocycles. The summed E-state index contributed by atoms with van der Waals surface area (Å²) in [4.78, 5) is 10.8. The van der Waals surface area contributed by atoms with E-state index in [1.165, 1.54) is 0 Å². The predicted molar refractivity (Wildman–Crippen MR) is 45.0 cm³/mol. The molecule has 0 aromatic carbocycles. The lowest BCUT2D eigenvalue weighted by molar-refractivity contribution is -0.133. The topological polar surface area (TPSA) is 54.5 Å². The Labute approximate surface area is 72.6 Å². The average molecular weight is 191 g/mol. The molecule has 1 aliphatic rings. The standard InChI is InChI=1S/C7H13NO3S/c1-2-3-6-12(10,11)8-5-4-7(8)9/h2-6H2,1H3. The molecule has 0 aliphatic carbocycles. The average Bonchev–Trinajstić information content (AvgIpc) is 1.97. The van der Waals surface area contributed by atoms with Gasteiger partial charge in [-0.1, -0.05) is 13.3 Å². The highest BCUT2D eigenvalue weighted by atomic mass is 32.2. The van der Waals surface area contributed by atoms with Gasteiger partial charge in [0.2, 0.25) is 15.9 Å². The minimum absolute atomic E-state index is 0.106. The third kappa shape index (κ3) is 1.77. The van der Waals surface area contributed by atoms with Gasteiger partial charge in [0.25, 0.3) is 0 Å². The zero-order chi connectivity index (χ0) is 9.19. The molecular weight excluding hydrogens is 178 g/mol. The maximum absolute atomic E-state index is 11.3. The Balaban J connectivity index is 2.53. The molecular formula is C7H13NO3S. The Hall–Kier alpha value is -0.580. The molecule has 5 heteroatoms. The first kappa shape index (κ1) is 9.51. The monoisotopic (exact) mass is 191 g/mol. The summed E-state index contributed by atoms with van der Waals surface area (Å²) in [6.45, 7) is 2.30. The fourth-order valence-electron chi connectivity index (χ4n) is 1.03. The molecule has 0 aromatic rings. The number of sulfonamides is 1. The Morgan fingerprint density at radius 1 is 1.50 bits per heavy atom. The molecule has 0 atom stereocenters. The van der Waals surface area contributed by atoms with Gasteiger partial charge in [-0.3, -0.25) is 4.79 Å². The lowest BCUT2D eigenvalue weighted by Gasteiger charge is -2.29. The molecule has 0 saturated carbocycles. The van der Waals surface area contributed by atoms with Gasteiger partial charge in [0, 0.05) is 13.0 Å². The highest BCUT2D eigenvalue weighted by molar-refractivity contribution is 7.89. The number of unbranched alkanes of at least 4 members (excludes halogenated alkanes) is 1. The maximum Gasteiger partial charge on any atom is 0.237 e. The van der Waals surface area contributed by atoms with E-state index in [1.54, 1.807) is 0 Å². The fraction of sp³-hybridized carbons (Fsp3) is 0.857. The van der Waals surface area contributed by atoms with Crippen LogP contribution in [0.5, 0.6) is 0 Å². The summed E-state index contributed by atoms with van der Waals surface area (Å²) in [6, 6.07) is 0. The van der Waals surface area contributed by atoms with E-state index < -0.39 is 10.0 Å². The first-order valence-corrected chi connectivity index (χ1v) is 5.72. The molecule has 0 spiro atoms. The summed E-state index contributed by atoms with van der Waals surface area (Å²) in [5, 5.41) is 0. The van der Waals surface area contributed by atoms with Crippen LogP contribution in [0, 0.1) is 0 Å². The van der Waals surface area contributed by atoms with E-state index in [0.29, 0.717) is 19.4 Å². The van der Waals surface area contributed by atoms with Gasteiger partial charge in [-0.25, -0.2) is 12.7 Å². The van der Waals surface area contributed by atoms with Crippen LogP contribution in [0.3, 0.4) is 0 Å². The molecule has 12 heavy (non-hydrogen) atoms. The summed E-state index contributed by atoms with van der Waals surface area (Å²) in [5.74, 6) is -0.152. The van der Waals surface area contributed by atoms with Crippen LogP contribution in [-0.2, 0) is 14.8 Å². The van der Waals surface area contributed by atoms with Crippen molar-refractivity contribution in [2.45, 2.75) is 26.2 Å². The van der Waals surface area contributed by atoms with Crippen molar-refractivity contribution in [2.75, 3.05) is 12.3 Å². The zero-order valence-electron chi connectivity index (χ0n) is 7.12. The number of hydrogen-bond donors (Lipinski definition) is 0. The van der Waals surface area contributed by atoms with E-state index in [2.05, 4.69) is 0 Å². The van der Waals surface area contributed by atoms with Crippen molar-refractivity contribution in [2.24, 2.45) is 0 Å². The minimum atomic E-state index is -3.25. The molecule has 1 fully saturated rings. The Morgan fingerprint density at radius 3 is 2.50 bits per heavy atom. The maximum atomic E-state index is 11.3. The van der Waals surface area contributed by atoms with Gasteiger partial charge in [0.1, 0.15) is 0 Å². The van der Waals surface area contributed by atoms with Gasteiger partial charge < -0.3 is 0 Å². The third-order valence-corrected chi connectivity index (χ3v) is 3.76. The summed E-state index contributed by atoms with van der Waals surface area (Å²) < 4.78 is 23.5. The van der Waals surface area contributed by atoms with Gasteiger partial charge in [-0.15, -0.1) is 0 Å². The Bertz CT molecular complexity index is 270. The number of carbonyl (C=O) groups is 1. The second-order valence-electron chi connectivity index (χ2n) is 2.89. The van der Waals surface area contributed by atoms with Crippen LogP contribution < -0.4 is 0 Å². The molecule has 1 aliphatic heterocycles. The molecule has 4 nitrogen and oxygen atoms in total. The largest absolute Gasteiger partial charge is 0.274 e. The highest BCUT2D eigenvalue weighted by Gasteiger charge is 2.33. The highest BCUT2D eigenvalue weighted by Crippen LogP contribution is 2.15. The summed E-state index contributed by atoms with van der Waals surface area (Å²) in [7, 11) is -3.25. The Morgan fingerprint density at radius 2 is 2.17 bits per heavy atom. The second-order valence-corrected chi connectivity index (χ2v) is 4.90. The fourth-order valence-corrected chi connectivity index (χ4v) is 2.67. The van der Waals surface area contributed by atoms with Gasteiger partial charge in [0.05, 0.1) is 5.75 Å². The number of amides is 1. The number of rotatable bonds is 4. The summed E-state index contributed by atoms with van der Waals surface area (Å²) in [5.41, 5.74) is 0. The van der Waals surface area contributed by atoms with E-state index in [1.807, 2.05) is 6.92 Å². The predicted octanol–water partition coefficient (Wildman–Crippen LogP) is 0.349. The SMILES string of the molecule is CCCCS(=O)(=O)N1CCC1=O. The van der Waals surface area contributed by atoms with Crippen LogP contribution >= 0.6 is 0 Å². The molecule has 1 saturated heterocycles. The first-order chi connectivity index (χ1) is 5.58. The van der Waals surface area contributed by atoms with Crippen molar-refractivity contribution in [1.29, 1.82) is 0 Å². The number of carbonyl (C=O) groups excluding carboxylic acids is 1. The molecule has 0 aromatic heterocycles.